The molecular formula is C11H14N2O3. The summed E-state index contributed by atoms with van der Waals surface area (Å²) < 4.78 is 10.4. The Balaban J connectivity index is 2.07. The summed E-state index contributed by atoms with van der Waals surface area (Å²) in [6, 6.07) is 0. The minimum absolute atomic E-state index is 0.0270. The van der Waals surface area contributed by atoms with Crippen LogP contribution >= 0.6 is 0 Å². The predicted octanol–water partition coefficient (Wildman–Crippen LogP) is 1.24. The van der Waals surface area contributed by atoms with Crippen LogP contribution in [0, 0.1) is 0 Å². The van der Waals surface area contributed by atoms with Crippen molar-refractivity contribution in [2.75, 3.05) is 13.7 Å². The van der Waals surface area contributed by atoms with E-state index in [9.17, 15) is 4.79 Å². The molecule has 0 radical (unpaired) electrons. The van der Waals surface area contributed by atoms with Gasteiger partial charge in [0.1, 0.15) is 0 Å². The van der Waals surface area contributed by atoms with Crippen LogP contribution in [-0.4, -0.2) is 35.6 Å². The van der Waals surface area contributed by atoms with Crippen LogP contribution in [0.4, 0.5) is 0 Å². The normalized spacial score (nSPS) is 19.7. The summed E-state index contributed by atoms with van der Waals surface area (Å²) in [6.07, 6.45) is 5.34. The molecule has 86 valence electrons. The lowest BCUT2D eigenvalue weighted by Crippen LogP contribution is -2.15. The number of hydrogen-bond donors (Lipinski definition) is 0. The predicted molar refractivity (Wildman–Crippen MR) is 56.5 cm³/mol. The van der Waals surface area contributed by atoms with Gasteiger partial charge in [-0.2, -0.15) is 0 Å². The maximum Gasteiger partial charge on any atom is 0.243 e. The maximum atomic E-state index is 11.9. The smallest absolute Gasteiger partial charge is 0.243 e. The first-order chi connectivity index (χ1) is 7.81. The highest BCUT2D eigenvalue weighted by Gasteiger charge is 2.23. The quantitative estimate of drug-likeness (QED) is 0.717. The summed E-state index contributed by atoms with van der Waals surface area (Å²) in [5.41, 5.74) is 0.292. The zero-order valence-corrected chi connectivity index (χ0v) is 9.18. The highest BCUT2D eigenvalue weighted by atomic mass is 16.5. The molecule has 0 aliphatic carbocycles. The largest absolute Gasteiger partial charge is 0.479 e. The Morgan fingerprint density at radius 2 is 2.38 bits per heavy atom. The molecule has 1 fully saturated rings. The first-order valence-corrected chi connectivity index (χ1v) is 5.31. The number of nitrogens with zero attached hydrogens (tertiary/aromatic N) is 2. The number of ether oxygens (including phenoxy) is 2. The molecule has 0 amide bonds. The third-order valence-electron chi connectivity index (χ3n) is 2.56. The molecule has 0 N–H and O–H groups in total. The van der Waals surface area contributed by atoms with Gasteiger partial charge in [0.25, 0.3) is 0 Å². The van der Waals surface area contributed by atoms with Crippen molar-refractivity contribution in [1.29, 1.82) is 0 Å². The Hall–Kier alpha value is -1.49. The molecule has 1 saturated heterocycles. The molecule has 1 atom stereocenters. The fourth-order valence-electron chi connectivity index (χ4n) is 1.77. The van der Waals surface area contributed by atoms with Gasteiger partial charge < -0.3 is 9.47 Å². The van der Waals surface area contributed by atoms with E-state index in [1.54, 1.807) is 0 Å². The van der Waals surface area contributed by atoms with E-state index < -0.39 is 0 Å². The molecule has 5 nitrogen and oxygen atoms in total. The van der Waals surface area contributed by atoms with Crippen molar-refractivity contribution in [2.24, 2.45) is 0 Å². The molecule has 1 aromatic rings. The van der Waals surface area contributed by atoms with Crippen molar-refractivity contribution in [3.8, 4) is 5.88 Å². The fourth-order valence-corrected chi connectivity index (χ4v) is 1.77. The summed E-state index contributed by atoms with van der Waals surface area (Å²) in [5.74, 6) is 0.211. The maximum absolute atomic E-state index is 11.9. The van der Waals surface area contributed by atoms with Gasteiger partial charge in [0, 0.05) is 25.4 Å². The number of carbonyl (C=O) groups excluding carboxylic acids is 1. The van der Waals surface area contributed by atoms with Gasteiger partial charge in [-0.25, -0.2) is 9.97 Å². The van der Waals surface area contributed by atoms with E-state index in [0.29, 0.717) is 12.1 Å². The minimum atomic E-state index is -0.0724. The van der Waals surface area contributed by atoms with Crippen molar-refractivity contribution in [3.63, 3.8) is 0 Å². The molecule has 5 heteroatoms. The monoisotopic (exact) mass is 222 g/mol. The Labute approximate surface area is 93.8 Å². The molecule has 1 aromatic heterocycles. The van der Waals surface area contributed by atoms with Crippen molar-refractivity contribution < 1.29 is 14.3 Å². The van der Waals surface area contributed by atoms with Crippen LogP contribution in [-0.2, 0) is 4.74 Å². The van der Waals surface area contributed by atoms with Gasteiger partial charge in [0.2, 0.25) is 5.88 Å². The molecule has 2 heterocycles. The van der Waals surface area contributed by atoms with Gasteiger partial charge in [-0.15, -0.1) is 0 Å². The third-order valence-corrected chi connectivity index (χ3v) is 2.56. The molecule has 1 aliphatic heterocycles. The third kappa shape index (κ3) is 2.36. The number of carbonyl (C=O) groups is 1. The standard InChI is InChI=1S/C11H14N2O3/c1-15-11-10(12-4-5-13-11)9(14)7-8-3-2-6-16-8/h4-5,8H,2-3,6-7H2,1H3. The summed E-state index contributed by atoms with van der Waals surface area (Å²) in [7, 11) is 1.48. The minimum Gasteiger partial charge on any atom is -0.479 e. The van der Waals surface area contributed by atoms with Crippen LogP contribution in [0.3, 0.4) is 0 Å². The lowest BCUT2D eigenvalue weighted by Gasteiger charge is -2.08. The Kier molecular flexibility index (Phi) is 3.46. The molecule has 16 heavy (non-hydrogen) atoms. The second kappa shape index (κ2) is 5.03. The lowest BCUT2D eigenvalue weighted by atomic mass is 10.1. The number of ketones is 1. The molecule has 1 aliphatic rings. The number of methoxy groups -OCH3 is 1. The number of aromatic nitrogens is 2. The second-order valence-electron chi connectivity index (χ2n) is 3.68. The fraction of sp³-hybridized carbons (Fsp3) is 0.545. The van der Waals surface area contributed by atoms with Gasteiger partial charge in [-0.3, -0.25) is 4.79 Å². The zero-order valence-electron chi connectivity index (χ0n) is 9.18. The van der Waals surface area contributed by atoms with Crippen LogP contribution in [0.1, 0.15) is 29.8 Å². The summed E-state index contributed by atoms with van der Waals surface area (Å²) in [4.78, 5) is 19.9. The van der Waals surface area contributed by atoms with Gasteiger partial charge in [0.15, 0.2) is 11.5 Å². The van der Waals surface area contributed by atoms with E-state index in [0.717, 1.165) is 19.4 Å². The van der Waals surface area contributed by atoms with E-state index in [-0.39, 0.29) is 17.8 Å². The van der Waals surface area contributed by atoms with Crippen LogP contribution in [0.25, 0.3) is 0 Å². The number of rotatable bonds is 4. The van der Waals surface area contributed by atoms with E-state index in [2.05, 4.69) is 9.97 Å². The summed E-state index contributed by atoms with van der Waals surface area (Å²) in [6.45, 7) is 0.746. The Morgan fingerprint density at radius 3 is 3.06 bits per heavy atom. The highest BCUT2D eigenvalue weighted by molar-refractivity contribution is 5.96. The lowest BCUT2D eigenvalue weighted by molar-refractivity contribution is 0.0768. The molecule has 0 bridgehead atoms. The van der Waals surface area contributed by atoms with Crippen molar-refractivity contribution >= 4 is 5.78 Å². The van der Waals surface area contributed by atoms with E-state index in [1.165, 1.54) is 19.5 Å². The van der Waals surface area contributed by atoms with Crippen molar-refractivity contribution in [1.82, 2.24) is 9.97 Å². The molecule has 1 unspecified atom stereocenters. The molecule has 0 aromatic carbocycles. The molecule has 0 saturated carbocycles. The zero-order chi connectivity index (χ0) is 11.4. The SMILES string of the molecule is COc1nccnc1C(=O)CC1CCCO1. The second-order valence-corrected chi connectivity index (χ2v) is 3.68. The van der Waals surface area contributed by atoms with Crippen LogP contribution in [0.2, 0.25) is 0 Å². The van der Waals surface area contributed by atoms with E-state index in [1.807, 2.05) is 0 Å². The molecular weight excluding hydrogens is 208 g/mol. The first kappa shape index (κ1) is 11.0. The van der Waals surface area contributed by atoms with Crippen LogP contribution in [0.5, 0.6) is 5.88 Å². The molecule has 2 rings (SSSR count). The van der Waals surface area contributed by atoms with Crippen molar-refractivity contribution in [2.45, 2.75) is 25.4 Å². The summed E-state index contributed by atoms with van der Waals surface area (Å²) in [5, 5.41) is 0. The average Bonchev–Trinajstić information content (AvgIpc) is 2.81. The number of Topliss-reactive ketones (excluding diaryl/α,β-unsaturated/α-hetero) is 1. The molecule has 0 spiro atoms. The van der Waals surface area contributed by atoms with Gasteiger partial charge >= 0.3 is 0 Å². The highest BCUT2D eigenvalue weighted by Crippen LogP contribution is 2.20. The van der Waals surface area contributed by atoms with Crippen molar-refractivity contribution in [3.05, 3.63) is 18.1 Å². The topological polar surface area (TPSA) is 61.3 Å². The van der Waals surface area contributed by atoms with E-state index >= 15 is 0 Å². The van der Waals surface area contributed by atoms with E-state index in [4.69, 9.17) is 9.47 Å². The Morgan fingerprint density at radius 1 is 1.56 bits per heavy atom. The van der Waals surface area contributed by atoms with Gasteiger partial charge in [-0.05, 0) is 12.8 Å². The average molecular weight is 222 g/mol. The Bertz CT molecular complexity index is 375. The number of hydrogen-bond acceptors (Lipinski definition) is 5. The first-order valence-electron chi connectivity index (χ1n) is 5.31. The van der Waals surface area contributed by atoms with Gasteiger partial charge in [0.05, 0.1) is 13.2 Å². The van der Waals surface area contributed by atoms with Gasteiger partial charge in [-0.1, -0.05) is 0 Å². The summed E-state index contributed by atoms with van der Waals surface area (Å²) >= 11 is 0. The van der Waals surface area contributed by atoms with Crippen LogP contribution < -0.4 is 4.74 Å². The van der Waals surface area contributed by atoms with Crippen LogP contribution in [0.15, 0.2) is 12.4 Å².